The maximum absolute atomic E-state index is 13.3. The second-order valence-corrected chi connectivity index (χ2v) is 9.15. The third-order valence-electron chi connectivity index (χ3n) is 5.44. The van der Waals surface area contributed by atoms with Crippen LogP contribution in [0, 0.1) is 5.82 Å². The number of benzene rings is 2. The van der Waals surface area contributed by atoms with Crippen LogP contribution in [0.2, 0.25) is 0 Å². The normalized spacial score (nSPS) is 14.9. The van der Waals surface area contributed by atoms with Gasteiger partial charge in [0.15, 0.2) is 0 Å². The Morgan fingerprint density at radius 2 is 1.88 bits per heavy atom. The molecule has 32 heavy (non-hydrogen) atoms. The molecule has 0 unspecified atom stereocenters. The van der Waals surface area contributed by atoms with E-state index in [9.17, 15) is 14.0 Å². The molecule has 7 heteroatoms. The highest BCUT2D eigenvalue weighted by Crippen LogP contribution is 2.29. The van der Waals surface area contributed by atoms with Crippen molar-refractivity contribution < 1.29 is 14.0 Å². The highest BCUT2D eigenvalue weighted by molar-refractivity contribution is 7.98. The Labute approximate surface area is 193 Å². The Bertz CT molecular complexity index is 922. The van der Waals surface area contributed by atoms with Gasteiger partial charge in [0, 0.05) is 23.6 Å². The van der Waals surface area contributed by atoms with Gasteiger partial charge in [0.2, 0.25) is 5.91 Å². The van der Waals surface area contributed by atoms with Gasteiger partial charge in [0.05, 0.1) is 11.4 Å². The summed E-state index contributed by atoms with van der Waals surface area (Å²) in [6, 6.07) is 11.4. The van der Waals surface area contributed by atoms with Crippen molar-refractivity contribution in [3.63, 3.8) is 0 Å². The fourth-order valence-corrected chi connectivity index (χ4v) is 4.64. The topological polar surface area (TPSA) is 70.2 Å². The van der Waals surface area contributed by atoms with Gasteiger partial charge >= 0.3 is 0 Å². The van der Waals surface area contributed by atoms with E-state index in [-0.39, 0.29) is 23.7 Å². The summed E-state index contributed by atoms with van der Waals surface area (Å²) >= 11 is 1.57. The summed E-state index contributed by atoms with van der Waals surface area (Å²) in [6.45, 7) is 2.86. The van der Waals surface area contributed by atoms with E-state index in [0.29, 0.717) is 29.3 Å². The number of thioether (sulfide) groups is 1. The second kappa shape index (κ2) is 12.5. The van der Waals surface area contributed by atoms with Crippen molar-refractivity contribution in [2.24, 2.45) is 0 Å². The average molecular weight is 458 g/mol. The molecule has 1 aliphatic rings. The molecule has 0 saturated carbocycles. The standard InChI is InChI=1S/C25H32FN3O2S/c1-2-3-4-5-6-7-13-27-24(30)19-11-12-21-22(15-19)29-25(31)23(28-21)17-32-16-18-9-8-10-20(26)14-18/h8-12,14-15,23,28H,2-7,13,16-17H2,1H3,(H,27,30)(H,29,31)/t23-/m0/s1. The van der Waals surface area contributed by atoms with Crippen molar-refractivity contribution in [2.45, 2.75) is 57.2 Å². The van der Waals surface area contributed by atoms with E-state index in [1.165, 1.54) is 37.8 Å². The second-order valence-electron chi connectivity index (χ2n) is 8.12. The van der Waals surface area contributed by atoms with Crippen molar-refractivity contribution in [2.75, 3.05) is 22.9 Å². The molecule has 2 amide bonds. The first-order valence-corrected chi connectivity index (χ1v) is 12.5. The first-order valence-electron chi connectivity index (χ1n) is 11.4. The molecule has 1 aliphatic heterocycles. The SMILES string of the molecule is CCCCCCCCNC(=O)c1ccc2c(c1)NC(=O)[C@H](CSCc1cccc(F)c1)N2. The van der Waals surface area contributed by atoms with Crippen LogP contribution in [-0.4, -0.2) is 30.2 Å². The molecule has 3 rings (SSSR count). The number of halogens is 1. The van der Waals surface area contributed by atoms with Crippen LogP contribution in [0.15, 0.2) is 42.5 Å². The fourth-order valence-electron chi connectivity index (χ4n) is 3.64. The third-order valence-corrected chi connectivity index (χ3v) is 6.55. The lowest BCUT2D eigenvalue weighted by atomic mass is 10.1. The molecule has 0 fully saturated rings. The molecule has 0 radical (unpaired) electrons. The Morgan fingerprint density at radius 3 is 2.69 bits per heavy atom. The van der Waals surface area contributed by atoms with Crippen LogP contribution >= 0.6 is 11.8 Å². The number of rotatable bonds is 12. The lowest BCUT2D eigenvalue weighted by molar-refractivity contribution is -0.116. The summed E-state index contributed by atoms with van der Waals surface area (Å²) in [5, 5.41) is 9.11. The molecule has 1 heterocycles. The zero-order valence-electron chi connectivity index (χ0n) is 18.6. The number of anilines is 2. The number of hydrogen-bond acceptors (Lipinski definition) is 4. The van der Waals surface area contributed by atoms with Crippen LogP contribution in [0.5, 0.6) is 0 Å². The number of hydrogen-bond donors (Lipinski definition) is 3. The molecule has 0 saturated heterocycles. The number of unbranched alkanes of at least 4 members (excludes halogenated alkanes) is 5. The number of carbonyl (C=O) groups excluding carboxylic acids is 2. The van der Waals surface area contributed by atoms with E-state index in [2.05, 4.69) is 22.9 Å². The van der Waals surface area contributed by atoms with Crippen molar-refractivity contribution in [1.29, 1.82) is 0 Å². The minimum Gasteiger partial charge on any atom is -0.371 e. The van der Waals surface area contributed by atoms with E-state index in [4.69, 9.17) is 0 Å². The fraction of sp³-hybridized carbons (Fsp3) is 0.440. The van der Waals surface area contributed by atoms with Gasteiger partial charge in [-0.15, -0.1) is 0 Å². The number of amides is 2. The predicted molar refractivity (Wildman–Crippen MR) is 131 cm³/mol. The minimum atomic E-state index is -0.381. The largest absolute Gasteiger partial charge is 0.371 e. The molecule has 3 N–H and O–H groups in total. The third kappa shape index (κ3) is 7.26. The number of nitrogens with one attached hydrogen (secondary N) is 3. The average Bonchev–Trinajstić information content (AvgIpc) is 2.78. The summed E-state index contributed by atoms with van der Waals surface area (Å²) in [6.07, 6.45) is 7.08. The molecule has 5 nitrogen and oxygen atoms in total. The van der Waals surface area contributed by atoms with E-state index in [1.54, 1.807) is 30.0 Å². The van der Waals surface area contributed by atoms with Gasteiger partial charge in [0.25, 0.3) is 5.91 Å². The van der Waals surface area contributed by atoms with Crippen molar-refractivity contribution >= 4 is 35.0 Å². The van der Waals surface area contributed by atoms with Crippen LogP contribution in [0.3, 0.4) is 0 Å². The Hall–Kier alpha value is -2.54. The van der Waals surface area contributed by atoms with Crippen molar-refractivity contribution in [1.82, 2.24) is 5.32 Å². The Morgan fingerprint density at radius 1 is 1.06 bits per heavy atom. The molecule has 2 aromatic rings. The highest BCUT2D eigenvalue weighted by Gasteiger charge is 2.26. The molecular weight excluding hydrogens is 425 g/mol. The zero-order valence-corrected chi connectivity index (χ0v) is 19.4. The summed E-state index contributed by atoms with van der Waals surface area (Å²) in [5.41, 5.74) is 2.85. The molecule has 0 aliphatic carbocycles. The van der Waals surface area contributed by atoms with Crippen LogP contribution in [0.25, 0.3) is 0 Å². The van der Waals surface area contributed by atoms with Crippen LogP contribution in [0.4, 0.5) is 15.8 Å². The van der Waals surface area contributed by atoms with Gasteiger partial charge < -0.3 is 16.0 Å². The number of carbonyl (C=O) groups is 2. The van der Waals surface area contributed by atoms with Crippen molar-refractivity contribution in [3.8, 4) is 0 Å². The van der Waals surface area contributed by atoms with Gasteiger partial charge in [-0.3, -0.25) is 9.59 Å². The molecule has 0 aromatic heterocycles. The van der Waals surface area contributed by atoms with Crippen LogP contribution in [-0.2, 0) is 10.5 Å². The quantitative estimate of drug-likeness (QED) is 0.364. The van der Waals surface area contributed by atoms with Crippen molar-refractivity contribution in [3.05, 3.63) is 59.4 Å². The molecule has 0 bridgehead atoms. The molecule has 2 aromatic carbocycles. The van der Waals surface area contributed by atoms with Crippen LogP contribution in [0.1, 0.15) is 61.4 Å². The number of fused-ring (bicyclic) bond motifs is 1. The molecule has 172 valence electrons. The first-order chi connectivity index (χ1) is 15.6. The van der Waals surface area contributed by atoms with Gasteiger partial charge in [-0.25, -0.2) is 4.39 Å². The summed E-state index contributed by atoms with van der Waals surface area (Å²) in [5.74, 6) is 0.686. The Kier molecular flexibility index (Phi) is 9.41. The van der Waals surface area contributed by atoms with Gasteiger partial charge in [-0.2, -0.15) is 11.8 Å². The smallest absolute Gasteiger partial charge is 0.251 e. The molecule has 0 spiro atoms. The van der Waals surface area contributed by atoms with E-state index < -0.39 is 0 Å². The maximum atomic E-state index is 13.3. The Balaban J connectivity index is 1.45. The minimum absolute atomic E-state index is 0.122. The first kappa shape index (κ1) is 24.1. The zero-order chi connectivity index (χ0) is 22.8. The van der Waals surface area contributed by atoms with Gasteiger partial charge in [-0.1, -0.05) is 51.2 Å². The lowest BCUT2D eigenvalue weighted by Crippen LogP contribution is -2.40. The van der Waals surface area contributed by atoms with Gasteiger partial charge in [0.1, 0.15) is 11.9 Å². The van der Waals surface area contributed by atoms with Crippen LogP contribution < -0.4 is 16.0 Å². The summed E-state index contributed by atoms with van der Waals surface area (Å²) < 4.78 is 13.3. The summed E-state index contributed by atoms with van der Waals surface area (Å²) in [4.78, 5) is 24.9. The monoisotopic (exact) mass is 457 g/mol. The van der Waals surface area contributed by atoms with Gasteiger partial charge in [-0.05, 0) is 42.3 Å². The van der Waals surface area contributed by atoms with E-state index >= 15 is 0 Å². The maximum Gasteiger partial charge on any atom is 0.251 e. The molecule has 1 atom stereocenters. The summed E-state index contributed by atoms with van der Waals surface area (Å²) in [7, 11) is 0. The van der Waals surface area contributed by atoms with E-state index in [0.717, 1.165) is 24.1 Å². The highest BCUT2D eigenvalue weighted by atomic mass is 32.2. The van der Waals surface area contributed by atoms with E-state index in [1.807, 2.05) is 12.1 Å². The lowest BCUT2D eigenvalue weighted by Gasteiger charge is -2.27. The predicted octanol–water partition coefficient (Wildman–Crippen LogP) is 5.58. The molecular formula is C25H32FN3O2S.